The maximum absolute atomic E-state index is 12.9. The van der Waals surface area contributed by atoms with Crippen molar-refractivity contribution in [2.45, 2.75) is 12.8 Å². The topological polar surface area (TPSA) is 38.5 Å². The van der Waals surface area contributed by atoms with Crippen LogP contribution < -0.4 is 10.6 Å². The van der Waals surface area contributed by atoms with Crippen molar-refractivity contribution in [3.63, 3.8) is 0 Å². The highest BCUT2D eigenvalue weighted by Crippen LogP contribution is 2.20. The molecule has 0 radical (unpaired) electrons. The molecule has 1 heterocycles. The predicted molar refractivity (Wildman–Crippen MR) is 71.2 cm³/mol. The van der Waals surface area contributed by atoms with Gasteiger partial charge in [0.2, 0.25) is 0 Å². The molecule has 100 valence electrons. The monoisotopic (exact) mass is 252 g/mol. The van der Waals surface area contributed by atoms with Gasteiger partial charge in [0.15, 0.2) is 0 Å². The van der Waals surface area contributed by atoms with Gasteiger partial charge in [0.1, 0.15) is 5.82 Å². The van der Waals surface area contributed by atoms with Crippen molar-refractivity contribution in [3.8, 4) is 0 Å². The van der Waals surface area contributed by atoms with Crippen LogP contribution in [0.3, 0.4) is 0 Å². The molecule has 1 atom stereocenters. The summed E-state index contributed by atoms with van der Waals surface area (Å²) >= 11 is 0. The van der Waals surface area contributed by atoms with E-state index >= 15 is 0 Å². The highest BCUT2D eigenvalue weighted by molar-refractivity contribution is 5.46. The Morgan fingerprint density at radius 3 is 2.72 bits per heavy atom. The largest absolute Gasteiger partial charge is 0.381 e. The second-order valence-electron chi connectivity index (χ2n) is 4.79. The Morgan fingerprint density at radius 2 is 2.11 bits per heavy atom. The smallest absolute Gasteiger partial charge is 0.123 e. The average Bonchev–Trinajstić information content (AvgIpc) is 2.88. The Labute approximate surface area is 108 Å². The Balaban J connectivity index is 2.00. The summed E-state index contributed by atoms with van der Waals surface area (Å²) in [5.74, 6) is 0.384. The molecule has 1 aromatic rings. The lowest BCUT2D eigenvalue weighted by Gasteiger charge is -2.27. The molecule has 1 aromatic carbocycles. The van der Waals surface area contributed by atoms with Gasteiger partial charge in [-0.15, -0.1) is 0 Å². The minimum Gasteiger partial charge on any atom is -0.381 e. The molecule has 0 aromatic heterocycles. The second-order valence-corrected chi connectivity index (χ2v) is 4.79. The molecular weight excluding hydrogens is 231 g/mol. The van der Waals surface area contributed by atoms with Crippen molar-refractivity contribution in [1.82, 2.24) is 0 Å². The molecular formula is C14H21FN2O. The van der Waals surface area contributed by atoms with Gasteiger partial charge < -0.3 is 15.4 Å². The molecule has 3 nitrogen and oxygen atoms in total. The lowest BCUT2D eigenvalue weighted by Crippen LogP contribution is -2.31. The molecule has 2 rings (SSSR count). The van der Waals surface area contributed by atoms with Gasteiger partial charge in [-0.1, -0.05) is 0 Å². The minimum atomic E-state index is -0.193. The van der Waals surface area contributed by atoms with E-state index in [1.54, 1.807) is 0 Å². The zero-order valence-electron chi connectivity index (χ0n) is 10.6. The highest BCUT2D eigenvalue weighted by Gasteiger charge is 2.19. The molecule has 4 heteroatoms. The SMILES string of the molecule is NCCCN(CC1CCOC1)c1ccc(F)cc1. The fraction of sp³-hybridized carbons (Fsp3) is 0.571. The lowest BCUT2D eigenvalue weighted by molar-refractivity contribution is 0.186. The van der Waals surface area contributed by atoms with Crippen LogP contribution in [-0.2, 0) is 4.74 Å². The van der Waals surface area contributed by atoms with Crippen LogP contribution in [0.15, 0.2) is 24.3 Å². The summed E-state index contributed by atoms with van der Waals surface area (Å²) in [6.07, 6.45) is 2.06. The number of ether oxygens (including phenoxy) is 1. The highest BCUT2D eigenvalue weighted by atomic mass is 19.1. The number of nitrogens with two attached hydrogens (primary N) is 1. The standard InChI is InChI=1S/C14H21FN2O/c15-13-2-4-14(5-3-13)17(8-1-7-16)10-12-6-9-18-11-12/h2-5,12H,1,6-11,16H2. The molecule has 0 amide bonds. The van der Waals surface area contributed by atoms with Crippen molar-refractivity contribution in [2.24, 2.45) is 11.7 Å². The summed E-state index contributed by atoms with van der Waals surface area (Å²) < 4.78 is 18.4. The predicted octanol–water partition coefficient (Wildman–Crippen LogP) is 2.02. The molecule has 0 aliphatic carbocycles. The van der Waals surface area contributed by atoms with Gasteiger partial charge in [-0.3, -0.25) is 0 Å². The summed E-state index contributed by atoms with van der Waals surface area (Å²) in [5.41, 5.74) is 6.64. The summed E-state index contributed by atoms with van der Waals surface area (Å²) in [4.78, 5) is 2.28. The third-order valence-electron chi connectivity index (χ3n) is 3.33. The first kappa shape index (κ1) is 13.3. The van der Waals surface area contributed by atoms with Gasteiger partial charge in [0.25, 0.3) is 0 Å². The van der Waals surface area contributed by atoms with Crippen LogP contribution in [0.25, 0.3) is 0 Å². The van der Waals surface area contributed by atoms with E-state index < -0.39 is 0 Å². The van der Waals surface area contributed by atoms with E-state index in [2.05, 4.69) is 4.90 Å². The fourth-order valence-corrected chi connectivity index (χ4v) is 2.30. The Morgan fingerprint density at radius 1 is 1.33 bits per heavy atom. The molecule has 1 aliphatic heterocycles. The molecule has 1 aliphatic rings. The van der Waals surface area contributed by atoms with Crippen LogP contribution in [-0.4, -0.2) is 32.8 Å². The van der Waals surface area contributed by atoms with Crippen molar-refractivity contribution in [1.29, 1.82) is 0 Å². The molecule has 1 fully saturated rings. The Bertz CT molecular complexity index is 349. The average molecular weight is 252 g/mol. The number of nitrogens with zero attached hydrogens (tertiary/aromatic N) is 1. The van der Waals surface area contributed by atoms with Crippen LogP contribution in [0.4, 0.5) is 10.1 Å². The summed E-state index contributed by atoms with van der Waals surface area (Å²) in [6.45, 7) is 4.25. The van der Waals surface area contributed by atoms with E-state index in [0.29, 0.717) is 12.5 Å². The number of benzene rings is 1. The van der Waals surface area contributed by atoms with Crippen molar-refractivity contribution in [2.75, 3.05) is 37.7 Å². The minimum absolute atomic E-state index is 0.193. The van der Waals surface area contributed by atoms with Crippen molar-refractivity contribution in [3.05, 3.63) is 30.1 Å². The molecule has 1 saturated heterocycles. The maximum Gasteiger partial charge on any atom is 0.123 e. The molecule has 18 heavy (non-hydrogen) atoms. The summed E-state index contributed by atoms with van der Waals surface area (Å²) in [5, 5.41) is 0. The second kappa shape index (κ2) is 6.71. The zero-order chi connectivity index (χ0) is 12.8. The molecule has 0 spiro atoms. The van der Waals surface area contributed by atoms with Crippen molar-refractivity contribution >= 4 is 5.69 Å². The number of halogens is 1. The van der Waals surface area contributed by atoms with Crippen LogP contribution >= 0.6 is 0 Å². The van der Waals surface area contributed by atoms with Gasteiger partial charge in [-0.2, -0.15) is 0 Å². The van der Waals surface area contributed by atoms with E-state index in [-0.39, 0.29) is 5.82 Å². The van der Waals surface area contributed by atoms with Crippen LogP contribution in [0, 0.1) is 11.7 Å². The summed E-state index contributed by atoms with van der Waals surface area (Å²) in [6, 6.07) is 6.69. The van der Waals surface area contributed by atoms with Gasteiger partial charge in [0, 0.05) is 31.3 Å². The molecule has 0 bridgehead atoms. The van der Waals surface area contributed by atoms with E-state index in [9.17, 15) is 4.39 Å². The number of hydrogen-bond acceptors (Lipinski definition) is 3. The number of hydrogen-bond donors (Lipinski definition) is 1. The molecule has 2 N–H and O–H groups in total. The van der Waals surface area contributed by atoms with E-state index in [4.69, 9.17) is 10.5 Å². The van der Waals surface area contributed by atoms with Crippen LogP contribution in [0.1, 0.15) is 12.8 Å². The first-order valence-electron chi connectivity index (χ1n) is 6.58. The number of rotatable bonds is 6. The normalized spacial score (nSPS) is 19.1. The zero-order valence-corrected chi connectivity index (χ0v) is 10.6. The van der Waals surface area contributed by atoms with Crippen LogP contribution in [0.2, 0.25) is 0 Å². The van der Waals surface area contributed by atoms with E-state index in [1.165, 1.54) is 12.1 Å². The third-order valence-corrected chi connectivity index (χ3v) is 3.33. The Kier molecular flexibility index (Phi) is 4.96. The first-order valence-corrected chi connectivity index (χ1v) is 6.58. The van der Waals surface area contributed by atoms with Crippen molar-refractivity contribution < 1.29 is 9.13 Å². The lowest BCUT2D eigenvalue weighted by atomic mass is 10.1. The quantitative estimate of drug-likeness (QED) is 0.841. The first-order chi connectivity index (χ1) is 8.79. The molecule has 0 saturated carbocycles. The fourth-order valence-electron chi connectivity index (χ4n) is 2.30. The van der Waals surface area contributed by atoms with E-state index in [1.807, 2.05) is 12.1 Å². The van der Waals surface area contributed by atoms with Gasteiger partial charge >= 0.3 is 0 Å². The van der Waals surface area contributed by atoms with Gasteiger partial charge in [0.05, 0.1) is 6.61 Å². The van der Waals surface area contributed by atoms with Gasteiger partial charge in [-0.05, 0) is 43.7 Å². The maximum atomic E-state index is 12.9. The third kappa shape index (κ3) is 3.68. The number of anilines is 1. The molecule has 1 unspecified atom stereocenters. The van der Waals surface area contributed by atoms with E-state index in [0.717, 1.165) is 44.8 Å². The van der Waals surface area contributed by atoms with Gasteiger partial charge in [-0.25, -0.2) is 4.39 Å². The summed E-state index contributed by atoms with van der Waals surface area (Å²) in [7, 11) is 0. The Hall–Kier alpha value is -1.13. The van der Waals surface area contributed by atoms with Crippen LogP contribution in [0.5, 0.6) is 0 Å².